The molecule has 0 amide bonds. The van der Waals surface area contributed by atoms with E-state index >= 15 is 0 Å². The third-order valence-corrected chi connectivity index (χ3v) is 5.02. The molecular weight excluding hydrogens is 338 g/mol. The van der Waals surface area contributed by atoms with Crippen LogP contribution in [0.1, 0.15) is 16.9 Å². The molecule has 3 rings (SSSR count). The second kappa shape index (κ2) is 8.11. The zero-order chi connectivity index (χ0) is 17.5. The summed E-state index contributed by atoms with van der Waals surface area (Å²) in [5.74, 6) is 0.770. The van der Waals surface area contributed by atoms with Gasteiger partial charge in [0, 0.05) is 6.54 Å². The van der Waals surface area contributed by atoms with Crippen molar-refractivity contribution in [3.05, 3.63) is 89.9 Å². The van der Waals surface area contributed by atoms with E-state index in [9.17, 15) is 8.42 Å². The van der Waals surface area contributed by atoms with Gasteiger partial charge in [-0.05, 0) is 35.4 Å². The lowest BCUT2D eigenvalue weighted by Gasteiger charge is -2.08. The number of hydrogen-bond donors (Lipinski definition) is 1. The molecule has 0 atom stereocenters. The molecule has 0 radical (unpaired) electrons. The van der Waals surface area contributed by atoms with Gasteiger partial charge in [-0.25, -0.2) is 13.1 Å². The average Bonchev–Trinajstić information content (AvgIpc) is 3.15. The van der Waals surface area contributed by atoms with Crippen molar-refractivity contribution in [2.75, 3.05) is 0 Å². The van der Waals surface area contributed by atoms with E-state index in [-0.39, 0.29) is 11.4 Å². The fraction of sp³-hybridized carbons (Fsp3) is 0.158. The number of sulfonamides is 1. The van der Waals surface area contributed by atoms with Crippen LogP contribution in [0.5, 0.6) is 0 Å². The Balaban J connectivity index is 1.56. The molecule has 3 aromatic rings. The number of ether oxygens (including phenoxy) is 1. The predicted octanol–water partition coefficient (Wildman–Crippen LogP) is 3.47. The molecule has 1 N–H and O–H groups in total. The van der Waals surface area contributed by atoms with Crippen LogP contribution in [0.25, 0.3) is 0 Å². The van der Waals surface area contributed by atoms with Crippen molar-refractivity contribution >= 4 is 10.0 Å². The minimum Gasteiger partial charge on any atom is -0.467 e. The van der Waals surface area contributed by atoms with Gasteiger partial charge in [-0.2, -0.15) is 0 Å². The summed E-state index contributed by atoms with van der Waals surface area (Å²) < 4.78 is 37.9. The average molecular weight is 357 g/mol. The van der Waals surface area contributed by atoms with Crippen molar-refractivity contribution in [1.29, 1.82) is 0 Å². The zero-order valence-corrected chi connectivity index (χ0v) is 14.4. The Labute approximate surface area is 147 Å². The van der Waals surface area contributed by atoms with Crippen LogP contribution in [-0.2, 0) is 34.5 Å². The van der Waals surface area contributed by atoms with Crippen LogP contribution in [0.4, 0.5) is 0 Å². The van der Waals surface area contributed by atoms with Crippen LogP contribution in [0.2, 0.25) is 0 Å². The van der Waals surface area contributed by atoms with Crippen LogP contribution in [-0.4, -0.2) is 8.42 Å². The van der Waals surface area contributed by atoms with Crippen LogP contribution in [0.15, 0.2) is 82.3 Å². The summed E-state index contributed by atoms with van der Waals surface area (Å²) in [5.41, 5.74) is 1.85. The van der Waals surface area contributed by atoms with Crippen LogP contribution < -0.4 is 4.72 Å². The summed E-state index contributed by atoms with van der Waals surface area (Å²) in [4.78, 5) is 0.257. The van der Waals surface area contributed by atoms with Gasteiger partial charge in [0.05, 0.1) is 17.8 Å². The molecule has 5 nitrogen and oxygen atoms in total. The maximum atomic E-state index is 12.2. The molecule has 0 aliphatic heterocycles. The number of hydrogen-bond acceptors (Lipinski definition) is 4. The third-order valence-electron chi connectivity index (χ3n) is 3.60. The molecule has 25 heavy (non-hydrogen) atoms. The first kappa shape index (κ1) is 17.4. The number of rotatable bonds is 8. The Morgan fingerprint density at radius 2 is 1.68 bits per heavy atom. The lowest BCUT2D eigenvalue weighted by molar-refractivity contribution is 0.0929. The lowest BCUT2D eigenvalue weighted by atomic mass is 10.1. The van der Waals surface area contributed by atoms with Crippen molar-refractivity contribution < 1.29 is 17.6 Å². The minimum atomic E-state index is -3.51. The van der Waals surface area contributed by atoms with E-state index in [1.54, 1.807) is 36.6 Å². The molecular formula is C19H19NO4S. The highest BCUT2D eigenvalue weighted by atomic mass is 32.2. The largest absolute Gasteiger partial charge is 0.467 e. The molecule has 1 aromatic heterocycles. The van der Waals surface area contributed by atoms with Gasteiger partial charge in [0.15, 0.2) is 0 Å². The highest BCUT2D eigenvalue weighted by Crippen LogP contribution is 2.11. The topological polar surface area (TPSA) is 68.5 Å². The van der Waals surface area contributed by atoms with Gasteiger partial charge in [0.2, 0.25) is 10.0 Å². The number of furan rings is 1. The molecule has 6 heteroatoms. The first-order valence-corrected chi connectivity index (χ1v) is 9.34. The standard InChI is InChI=1S/C19H19NO4S/c21-25(22,19-9-2-1-3-10-19)20-13-16-6-4-7-17(12-16)14-23-15-18-8-5-11-24-18/h1-12,20H,13-15H2. The maximum absolute atomic E-state index is 12.2. The number of benzene rings is 2. The summed E-state index contributed by atoms with van der Waals surface area (Å²) in [6.07, 6.45) is 1.61. The molecule has 2 aromatic carbocycles. The van der Waals surface area contributed by atoms with Crippen molar-refractivity contribution in [1.82, 2.24) is 4.72 Å². The van der Waals surface area contributed by atoms with Crippen molar-refractivity contribution in [2.24, 2.45) is 0 Å². The summed E-state index contributed by atoms with van der Waals surface area (Å²) in [6.45, 7) is 1.06. The van der Waals surface area contributed by atoms with E-state index in [1.165, 1.54) is 0 Å². The zero-order valence-electron chi connectivity index (χ0n) is 13.6. The van der Waals surface area contributed by atoms with E-state index in [2.05, 4.69) is 4.72 Å². The first-order chi connectivity index (χ1) is 12.1. The highest BCUT2D eigenvalue weighted by molar-refractivity contribution is 7.89. The molecule has 0 spiro atoms. The molecule has 0 aliphatic rings. The van der Waals surface area contributed by atoms with E-state index < -0.39 is 10.0 Å². The van der Waals surface area contributed by atoms with Gasteiger partial charge in [0.1, 0.15) is 12.4 Å². The Morgan fingerprint density at radius 1 is 0.880 bits per heavy atom. The fourth-order valence-electron chi connectivity index (χ4n) is 2.35. The predicted molar refractivity (Wildman–Crippen MR) is 94.1 cm³/mol. The monoisotopic (exact) mass is 357 g/mol. The van der Waals surface area contributed by atoms with Crippen molar-refractivity contribution in [3.8, 4) is 0 Å². The summed E-state index contributed by atoms with van der Waals surface area (Å²) in [6, 6.07) is 19.6. The van der Waals surface area contributed by atoms with E-state index in [4.69, 9.17) is 9.15 Å². The summed E-state index contributed by atoms with van der Waals surface area (Å²) in [7, 11) is -3.51. The van der Waals surface area contributed by atoms with E-state index in [0.29, 0.717) is 13.2 Å². The smallest absolute Gasteiger partial charge is 0.240 e. The summed E-state index contributed by atoms with van der Waals surface area (Å²) in [5, 5.41) is 0. The lowest BCUT2D eigenvalue weighted by Crippen LogP contribution is -2.23. The Hall–Kier alpha value is -2.41. The van der Waals surface area contributed by atoms with E-state index in [1.807, 2.05) is 36.4 Å². The first-order valence-electron chi connectivity index (χ1n) is 7.86. The molecule has 0 unspecified atom stereocenters. The maximum Gasteiger partial charge on any atom is 0.240 e. The minimum absolute atomic E-state index is 0.225. The van der Waals surface area contributed by atoms with Crippen LogP contribution >= 0.6 is 0 Å². The van der Waals surface area contributed by atoms with Gasteiger partial charge in [-0.3, -0.25) is 0 Å². The Morgan fingerprint density at radius 3 is 2.44 bits per heavy atom. The second-order valence-electron chi connectivity index (χ2n) is 5.53. The Kier molecular flexibility index (Phi) is 5.65. The van der Waals surface area contributed by atoms with Gasteiger partial charge in [-0.15, -0.1) is 0 Å². The number of nitrogens with one attached hydrogen (secondary N) is 1. The van der Waals surface area contributed by atoms with Crippen molar-refractivity contribution in [3.63, 3.8) is 0 Å². The van der Waals surface area contributed by atoms with Gasteiger partial charge in [-0.1, -0.05) is 42.5 Å². The van der Waals surface area contributed by atoms with Crippen LogP contribution in [0.3, 0.4) is 0 Å². The molecule has 130 valence electrons. The third kappa shape index (κ3) is 5.03. The normalized spacial score (nSPS) is 11.5. The molecule has 0 aliphatic carbocycles. The van der Waals surface area contributed by atoms with Gasteiger partial charge >= 0.3 is 0 Å². The quantitative estimate of drug-likeness (QED) is 0.670. The van der Waals surface area contributed by atoms with E-state index in [0.717, 1.165) is 16.9 Å². The molecule has 0 bridgehead atoms. The molecule has 0 fully saturated rings. The Bertz CT molecular complexity index is 890. The summed E-state index contributed by atoms with van der Waals surface area (Å²) >= 11 is 0. The molecule has 0 saturated heterocycles. The molecule has 0 saturated carbocycles. The fourth-order valence-corrected chi connectivity index (χ4v) is 3.39. The van der Waals surface area contributed by atoms with Crippen molar-refractivity contribution in [2.45, 2.75) is 24.7 Å². The second-order valence-corrected chi connectivity index (χ2v) is 7.30. The highest BCUT2D eigenvalue weighted by Gasteiger charge is 2.12. The SMILES string of the molecule is O=S(=O)(NCc1cccc(COCc2ccco2)c1)c1ccccc1. The van der Waals surface area contributed by atoms with Gasteiger partial charge < -0.3 is 9.15 Å². The molecule has 1 heterocycles. The van der Waals surface area contributed by atoms with Gasteiger partial charge in [0.25, 0.3) is 0 Å². The van der Waals surface area contributed by atoms with Crippen LogP contribution in [0, 0.1) is 0 Å².